The number of epoxide rings is 1. The molecule has 0 spiro atoms. The normalized spacial score (nSPS) is 19.7. The quantitative estimate of drug-likeness (QED) is 0.435. The summed E-state index contributed by atoms with van der Waals surface area (Å²) < 4.78 is 23.7. The predicted octanol–water partition coefficient (Wildman–Crippen LogP) is 4.78. The maximum absolute atomic E-state index is 13.0. The molecule has 2 aliphatic rings. The van der Waals surface area contributed by atoms with Gasteiger partial charge in [-0.1, -0.05) is 12.1 Å². The van der Waals surface area contributed by atoms with E-state index in [9.17, 15) is 15.0 Å². The van der Waals surface area contributed by atoms with E-state index in [2.05, 4.69) is 0 Å². The van der Waals surface area contributed by atoms with Crippen LogP contribution in [0, 0.1) is 0 Å². The molecule has 2 aliphatic heterocycles. The number of aromatic hydroxyl groups is 2. The third kappa shape index (κ3) is 3.43. The smallest absolute Gasteiger partial charge is 0.348 e. The summed E-state index contributed by atoms with van der Waals surface area (Å²) in [4.78, 5) is 13.0. The number of ether oxygens (including phenoxy) is 3. The molecule has 33 heavy (non-hydrogen) atoms. The van der Waals surface area contributed by atoms with Crippen LogP contribution < -0.4 is 15.1 Å². The van der Waals surface area contributed by atoms with Gasteiger partial charge in [0, 0.05) is 12.0 Å². The lowest BCUT2D eigenvalue weighted by Gasteiger charge is -2.31. The molecule has 0 radical (unpaired) electrons. The molecule has 2 aromatic carbocycles. The van der Waals surface area contributed by atoms with Crippen LogP contribution in [0.4, 0.5) is 0 Å². The van der Waals surface area contributed by atoms with Gasteiger partial charge in [0.15, 0.2) is 5.58 Å². The SMILES string of the molecule is COc1c(C[C@H]2OC2(C)C)c2c(c3oc(=O)c(-c4ccc(O)cc4)c(O)c13)C=CC(C)(C)O2. The third-order valence-corrected chi connectivity index (χ3v) is 6.29. The van der Waals surface area contributed by atoms with E-state index in [1.165, 1.54) is 19.2 Å². The number of methoxy groups -OCH3 is 1. The van der Waals surface area contributed by atoms with Crippen LogP contribution in [0.3, 0.4) is 0 Å². The van der Waals surface area contributed by atoms with E-state index < -0.39 is 11.2 Å². The summed E-state index contributed by atoms with van der Waals surface area (Å²) in [5.74, 6) is 0.733. The fraction of sp³-hybridized carbons (Fsp3) is 0.346. The van der Waals surface area contributed by atoms with E-state index >= 15 is 0 Å². The van der Waals surface area contributed by atoms with Crippen LogP contribution in [-0.2, 0) is 11.2 Å². The summed E-state index contributed by atoms with van der Waals surface area (Å²) in [6.45, 7) is 7.90. The Balaban J connectivity index is 1.84. The number of fused-ring (bicyclic) bond motifs is 3. The molecule has 0 bridgehead atoms. The zero-order chi connectivity index (χ0) is 23.7. The van der Waals surface area contributed by atoms with E-state index in [1.807, 2.05) is 39.8 Å². The van der Waals surface area contributed by atoms with Crippen LogP contribution in [0.2, 0.25) is 0 Å². The lowest BCUT2D eigenvalue weighted by Crippen LogP contribution is -2.28. The second kappa shape index (κ2) is 7.02. The van der Waals surface area contributed by atoms with E-state index in [-0.39, 0.29) is 34.4 Å². The first-order valence-electron chi connectivity index (χ1n) is 10.8. The highest BCUT2D eigenvalue weighted by molar-refractivity contribution is 6.02. The molecule has 3 aromatic rings. The fourth-order valence-electron chi connectivity index (χ4n) is 4.39. The highest BCUT2D eigenvalue weighted by Gasteiger charge is 2.49. The fourth-order valence-corrected chi connectivity index (χ4v) is 4.39. The van der Waals surface area contributed by atoms with Crippen molar-refractivity contribution in [2.24, 2.45) is 0 Å². The molecule has 1 fully saturated rings. The second-order valence-electron chi connectivity index (χ2n) is 9.57. The Kier molecular flexibility index (Phi) is 4.55. The minimum Gasteiger partial charge on any atom is -0.508 e. The highest BCUT2D eigenvalue weighted by Crippen LogP contribution is 2.51. The van der Waals surface area contributed by atoms with Gasteiger partial charge in [-0.15, -0.1) is 0 Å². The van der Waals surface area contributed by atoms with Crippen molar-refractivity contribution in [2.75, 3.05) is 7.11 Å². The topological polar surface area (TPSA) is 102 Å². The molecule has 5 rings (SSSR count). The Labute approximate surface area is 190 Å². The van der Waals surface area contributed by atoms with Gasteiger partial charge in [0.2, 0.25) is 0 Å². The van der Waals surface area contributed by atoms with Gasteiger partial charge in [-0.2, -0.15) is 0 Å². The number of benzene rings is 2. The Hall–Kier alpha value is -3.45. The van der Waals surface area contributed by atoms with Crippen LogP contribution in [0.15, 0.2) is 39.6 Å². The van der Waals surface area contributed by atoms with Crippen molar-refractivity contribution >= 4 is 17.0 Å². The van der Waals surface area contributed by atoms with Crippen LogP contribution in [0.25, 0.3) is 28.2 Å². The highest BCUT2D eigenvalue weighted by atomic mass is 16.6. The van der Waals surface area contributed by atoms with Crippen molar-refractivity contribution in [2.45, 2.75) is 51.4 Å². The Morgan fingerprint density at radius 3 is 2.36 bits per heavy atom. The van der Waals surface area contributed by atoms with Gasteiger partial charge in [-0.25, -0.2) is 4.79 Å². The van der Waals surface area contributed by atoms with E-state index in [4.69, 9.17) is 18.6 Å². The van der Waals surface area contributed by atoms with Gasteiger partial charge in [0.05, 0.1) is 24.4 Å². The molecule has 2 N–H and O–H groups in total. The number of phenols is 1. The minimum absolute atomic E-state index is 0.00395. The Morgan fingerprint density at radius 1 is 1.09 bits per heavy atom. The zero-order valence-electron chi connectivity index (χ0n) is 19.2. The van der Waals surface area contributed by atoms with Crippen molar-refractivity contribution in [3.05, 3.63) is 51.9 Å². The van der Waals surface area contributed by atoms with E-state index in [0.29, 0.717) is 34.4 Å². The number of hydrogen-bond acceptors (Lipinski definition) is 7. The molecule has 0 unspecified atom stereocenters. The average molecular weight is 450 g/mol. The molecule has 7 heteroatoms. The summed E-state index contributed by atoms with van der Waals surface area (Å²) in [6.07, 6.45) is 4.20. The lowest BCUT2D eigenvalue weighted by molar-refractivity contribution is 0.156. The monoisotopic (exact) mass is 450 g/mol. The van der Waals surface area contributed by atoms with Crippen LogP contribution >= 0.6 is 0 Å². The molecule has 7 nitrogen and oxygen atoms in total. The maximum Gasteiger partial charge on any atom is 0.348 e. The van der Waals surface area contributed by atoms with Gasteiger partial charge >= 0.3 is 5.63 Å². The predicted molar refractivity (Wildman–Crippen MR) is 124 cm³/mol. The molecule has 1 atom stereocenters. The Morgan fingerprint density at radius 2 is 1.76 bits per heavy atom. The van der Waals surface area contributed by atoms with E-state index in [0.717, 1.165) is 5.56 Å². The maximum atomic E-state index is 13.0. The number of phenolic OH excluding ortho intramolecular Hbond substituents is 1. The summed E-state index contributed by atoms with van der Waals surface area (Å²) in [5.41, 5.74) is 0.380. The van der Waals surface area contributed by atoms with Crippen LogP contribution in [0.1, 0.15) is 38.8 Å². The first-order valence-corrected chi connectivity index (χ1v) is 10.8. The van der Waals surface area contributed by atoms with Gasteiger partial charge in [-0.05, 0) is 57.5 Å². The summed E-state index contributed by atoms with van der Waals surface area (Å²) >= 11 is 0. The summed E-state index contributed by atoms with van der Waals surface area (Å²) in [5, 5.41) is 21.3. The second-order valence-corrected chi connectivity index (χ2v) is 9.57. The first kappa shape index (κ1) is 21.4. The van der Waals surface area contributed by atoms with Crippen LogP contribution in [0.5, 0.6) is 23.0 Å². The van der Waals surface area contributed by atoms with Gasteiger partial charge < -0.3 is 28.8 Å². The number of hydrogen-bond donors (Lipinski definition) is 2. The molecule has 0 saturated carbocycles. The molecule has 0 amide bonds. The Bertz CT molecular complexity index is 1360. The number of rotatable bonds is 4. The molecule has 3 heterocycles. The molecule has 1 aromatic heterocycles. The van der Waals surface area contributed by atoms with Crippen molar-refractivity contribution in [3.8, 4) is 34.1 Å². The standard InChI is InChI=1S/C26H26O7/c1-25(2)11-10-15-21(33-25)16(12-17-26(3,4)32-17)22(30-5)19-20(28)18(24(29)31-23(15)19)13-6-8-14(27)9-7-13/h6-11,17,27-28H,12H2,1-5H3/t17-/m1/s1. The first-order chi connectivity index (χ1) is 15.5. The summed E-state index contributed by atoms with van der Waals surface area (Å²) in [7, 11) is 1.51. The molecular weight excluding hydrogens is 424 g/mol. The minimum atomic E-state index is -0.701. The molecular formula is C26H26O7. The van der Waals surface area contributed by atoms with Crippen LogP contribution in [-0.4, -0.2) is 34.6 Å². The van der Waals surface area contributed by atoms with Gasteiger partial charge in [-0.3, -0.25) is 0 Å². The lowest BCUT2D eigenvalue weighted by atomic mass is 9.91. The van der Waals surface area contributed by atoms with Crippen molar-refractivity contribution in [1.82, 2.24) is 0 Å². The van der Waals surface area contributed by atoms with Gasteiger partial charge in [0.25, 0.3) is 0 Å². The third-order valence-electron chi connectivity index (χ3n) is 6.29. The average Bonchev–Trinajstić information content (AvgIpc) is 3.35. The molecule has 172 valence electrons. The summed E-state index contributed by atoms with van der Waals surface area (Å²) in [6, 6.07) is 5.98. The van der Waals surface area contributed by atoms with Crippen molar-refractivity contribution < 1.29 is 28.8 Å². The van der Waals surface area contributed by atoms with Crippen molar-refractivity contribution in [3.63, 3.8) is 0 Å². The zero-order valence-corrected chi connectivity index (χ0v) is 19.2. The van der Waals surface area contributed by atoms with Crippen molar-refractivity contribution in [1.29, 1.82) is 0 Å². The molecule has 0 aliphatic carbocycles. The largest absolute Gasteiger partial charge is 0.508 e. The molecule has 1 saturated heterocycles. The van der Waals surface area contributed by atoms with Gasteiger partial charge in [0.1, 0.15) is 39.5 Å². The van der Waals surface area contributed by atoms with E-state index in [1.54, 1.807) is 12.1 Å².